The number of esters is 1. The van der Waals surface area contributed by atoms with Crippen LogP contribution in [0.15, 0.2) is 6.20 Å². The minimum Gasteiger partial charge on any atom is -0.468 e. The second-order valence-corrected chi connectivity index (χ2v) is 5.29. The molecule has 0 bridgehead atoms. The number of nitrogens with zero attached hydrogens (tertiary/aromatic N) is 1. The summed E-state index contributed by atoms with van der Waals surface area (Å²) in [6.07, 6.45) is 1.83. The van der Waals surface area contributed by atoms with Crippen molar-refractivity contribution in [2.75, 3.05) is 7.11 Å². The summed E-state index contributed by atoms with van der Waals surface area (Å²) in [6.45, 7) is 6.61. The second-order valence-electron chi connectivity index (χ2n) is 3.97. The first-order valence-electron chi connectivity index (χ1n) is 5.27. The van der Waals surface area contributed by atoms with Crippen LogP contribution >= 0.6 is 11.3 Å². The Morgan fingerprint density at radius 1 is 1.62 bits per heavy atom. The number of ether oxygens (including phenoxy) is 1. The van der Waals surface area contributed by atoms with Crippen LogP contribution in [0.1, 0.15) is 23.7 Å². The average molecular weight is 242 g/mol. The van der Waals surface area contributed by atoms with Gasteiger partial charge in [-0.15, -0.1) is 11.3 Å². The normalized spacial score (nSPS) is 12.8. The van der Waals surface area contributed by atoms with Crippen molar-refractivity contribution in [3.63, 3.8) is 0 Å². The van der Waals surface area contributed by atoms with Crippen molar-refractivity contribution >= 4 is 17.3 Å². The van der Waals surface area contributed by atoms with Crippen molar-refractivity contribution in [3.8, 4) is 0 Å². The number of carbonyl (C=O) groups is 1. The number of nitrogens with one attached hydrogen (secondary N) is 1. The van der Waals surface area contributed by atoms with E-state index < -0.39 is 0 Å². The SMILES string of the molecule is COC(=O)C(NCc1cnc(C)s1)C(C)C. The summed E-state index contributed by atoms with van der Waals surface area (Å²) in [5.74, 6) is -0.00212. The van der Waals surface area contributed by atoms with Crippen LogP contribution in [0.25, 0.3) is 0 Å². The summed E-state index contributed by atoms with van der Waals surface area (Å²) in [7, 11) is 1.41. The number of rotatable bonds is 5. The van der Waals surface area contributed by atoms with Crippen LogP contribution in [0.2, 0.25) is 0 Å². The third-order valence-corrected chi connectivity index (χ3v) is 3.20. The first-order chi connectivity index (χ1) is 7.54. The zero-order chi connectivity index (χ0) is 12.1. The van der Waals surface area contributed by atoms with E-state index in [0.29, 0.717) is 6.54 Å². The van der Waals surface area contributed by atoms with Gasteiger partial charge in [0.15, 0.2) is 0 Å². The van der Waals surface area contributed by atoms with Crippen molar-refractivity contribution in [3.05, 3.63) is 16.1 Å². The standard InChI is InChI=1S/C11H18N2O2S/c1-7(2)10(11(14)15-4)13-6-9-5-12-8(3)16-9/h5,7,10,13H,6H2,1-4H3. The Kier molecular flexibility index (Phi) is 4.89. The smallest absolute Gasteiger partial charge is 0.323 e. The lowest BCUT2D eigenvalue weighted by Gasteiger charge is -2.19. The lowest BCUT2D eigenvalue weighted by molar-refractivity contribution is -0.144. The summed E-state index contributed by atoms with van der Waals surface area (Å²) in [5.41, 5.74) is 0. The van der Waals surface area contributed by atoms with Gasteiger partial charge in [-0.2, -0.15) is 0 Å². The maximum atomic E-state index is 11.5. The minimum atomic E-state index is -0.257. The van der Waals surface area contributed by atoms with Gasteiger partial charge in [-0.05, 0) is 12.8 Å². The van der Waals surface area contributed by atoms with Gasteiger partial charge in [0.1, 0.15) is 6.04 Å². The summed E-state index contributed by atoms with van der Waals surface area (Å²) in [4.78, 5) is 16.8. The van der Waals surface area contributed by atoms with Crippen molar-refractivity contribution in [2.24, 2.45) is 5.92 Å². The van der Waals surface area contributed by atoms with Gasteiger partial charge in [0.2, 0.25) is 0 Å². The van der Waals surface area contributed by atoms with Crippen LogP contribution in [0, 0.1) is 12.8 Å². The third kappa shape index (κ3) is 3.57. The zero-order valence-corrected chi connectivity index (χ0v) is 10.9. The van der Waals surface area contributed by atoms with Gasteiger partial charge in [0.05, 0.1) is 12.1 Å². The molecule has 5 heteroatoms. The molecule has 90 valence electrons. The largest absolute Gasteiger partial charge is 0.468 e. The average Bonchev–Trinajstić information content (AvgIpc) is 2.63. The van der Waals surface area contributed by atoms with Gasteiger partial charge in [0.25, 0.3) is 0 Å². The predicted molar refractivity (Wildman–Crippen MR) is 64.3 cm³/mol. The molecule has 1 unspecified atom stereocenters. The van der Waals surface area contributed by atoms with Crippen molar-refractivity contribution < 1.29 is 9.53 Å². The molecule has 0 radical (unpaired) electrons. The number of carbonyl (C=O) groups excluding carboxylic acids is 1. The van der Waals surface area contributed by atoms with Gasteiger partial charge in [-0.25, -0.2) is 4.98 Å². The highest BCUT2D eigenvalue weighted by atomic mass is 32.1. The molecule has 0 aliphatic carbocycles. The topological polar surface area (TPSA) is 51.2 Å². The first-order valence-corrected chi connectivity index (χ1v) is 6.08. The summed E-state index contributed by atoms with van der Waals surface area (Å²) in [6, 6.07) is -0.257. The quantitative estimate of drug-likeness (QED) is 0.799. The summed E-state index contributed by atoms with van der Waals surface area (Å²) in [5, 5.41) is 4.23. The van der Waals surface area contributed by atoms with Crippen LogP contribution in [0.3, 0.4) is 0 Å². The zero-order valence-electron chi connectivity index (χ0n) is 10.1. The van der Waals surface area contributed by atoms with E-state index >= 15 is 0 Å². The fraction of sp³-hybridized carbons (Fsp3) is 0.636. The van der Waals surface area contributed by atoms with Crippen molar-refractivity contribution in [1.82, 2.24) is 10.3 Å². The van der Waals surface area contributed by atoms with E-state index in [1.165, 1.54) is 7.11 Å². The fourth-order valence-electron chi connectivity index (χ4n) is 1.42. The molecular weight excluding hydrogens is 224 g/mol. The maximum absolute atomic E-state index is 11.5. The number of hydrogen-bond donors (Lipinski definition) is 1. The summed E-state index contributed by atoms with van der Waals surface area (Å²) >= 11 is 1.64. The molecule has 0 amide bonds. The van der Waals surface area contributed by atoms with Crippen LogP contribution < -0.4 is 5.32 Å². The molecule has 0 fully saturated rings. The van der Waals surface area contributed by atoms with E-state index in [2.05, 4.69) is 10.3 Å². The van der Waals surface area contributed by atoms with E-state index in [-0.39, 0.29) is 17.9 Å². The Labute approximate surface area is 100 Å². The van der Waals surface area contributed by atoms with Gasteiger partial charge < -0.3 is 4.74 Å². The second kappa shape index (κ2) is 5.96. The molecule has 0 saturated heterocycles. The van der Waals surface area contributed by atoms with Crippen LogP contribution in [-0.4, -0.2) is 24.1 Å². The Hall–Kier alpha value is -0.940. The van der Waals surface area contributed by atoms with Gasteiger partial charge in [-0.3, -0.25) is 10.1 Å². The minimum absolute atomic E-state index is 0.210. The number of methoxy groups -OCH3 is 1. The van der Waals surface area contributed by atoms with Crippen LogP contribution in [0.4, 0.5) is 0 Å². The third-order valence-electron chi connectivity index (χ3n) is 2.29. The molecule has 1 rings (SSSR count). The highest BCUT2D eigenvalue weighted by molar-refractivity contribution is 7.11. The van der Waals surface area contributed by atoms with Gasteiger partial charge >= 0.3 is 5.97 Å². The molecule has 4 nitrogen and oxygen atoms in total. The molecule has 0 spiro atoms. The number of aromatic nitrogens is 1. The fourth-order valence-corrected chi connectivity index (χ4v) is 2.16. The van der Waals surface area contributed by atoms with Gasteiger partial charge in [0, 0.05) is 17.6 Å². The van der Waals surface area contributed by atoms with Crippen LogP contribution in [-0.2, 0) is 16.1 Å². The van der Waals surface area contributed by atoms with Crippen LogP contribution in [0.5, 0.6) is 0 Å². The molecule has 16 heavy (non-hydrogen) atoms. The van der Waals surface area contributed by atoms with E-state index in [4.69, 9.17) is 4.74 Å². The highest BCUT2D eigenvalue weighted by Crippen LogP contribution is 2.12. The van der Waals surface area contributed by atoms with E-state index in [0.717, 1.165) is 9.88 Å². The number of thiazole rings is 1. The first kappa shape index (κ1) is 13.1. The van der Waals surface area contributed by atoms with E-state index in [1.807, 2.05) is 27.0 Å². The monoisotopic (exact) mass is 242 g/mol. The lowest BCUT2D eigenvalue weighted by Crippen LogP contribution is -2.41. The Morgan fingerprint density at radius 2 is 2.31 bits per heavy atom. The summed E-state index contributed by atoms with van der Waals surface area (Å²) < 4.78 is 4.75. The molecule has 0 aromatic carbocycles. The van der Waals surface area contributed by atoms with Crippen molar-refractivity contribution in [1.29, 1.82) is 0 Å². The Morgan fingerprint density at radius 3 is 2.75 bits per heavy atom. The van der Waals surface area contributed by atoms with E-state index in [9.17, 15) is 4.79 Å². The van der Waals surface area contributed by atoms with Crippen molar-refractivity contribution in [2.45, 2.75) is 33.4 Å². The predicted octanol–water partition coefficient (Wildman–Crippen LogP) is 1.74. The molecular formula is C11H18N2O2S. The molecule has 0 aliphatic heterocycles. The maximum Gasteiger partial charge on any atom is 0.323 e. The number of hydrogen-bond acceptors (Lipinski definition) is 5. The molecule has 1 atom stereocenters. The Bertz CT molecular complexity index is 350. The lowest BCUT2D eigenvalue weighted by atomic mass is 10.0. The van der Waals surface area contributed by atoms with E-state index in [1.54, 1.807) is 11.3 Å². The molecule has 0 aliphatic rings. The Balaban J connectivity index is 2.53. The molecule has 1 N–H and O–H groups in total. The molecule has 1 heterocycles. The molecule has 1 aromatic rings. The van der Waals surface area contributed by atoms with Gasteiger partial charge in [-0.1, -0.05) is 13.8 Å². The molecule has 1 aromatic heterocycles. The number of aryl methyl sites for hydroxylation is 1. The highest BCUT2D eigenvalue weighted by Gasteiger charge is 2.22. The molecule has 0 saturated carbocycles.